The van der Waals surface area contributed by atoms with Gasteiger partial charge in [-0.15, -0.1) is 0 Å². The molecule has 1 aromatic carbocycles. The van der Waals surface area contributed by atoms with Crippen molar-refractivity contribution in [2.24, 2.45) is 0 Å². The molecule has 0 spiro atoms. The summed E-state index contributed by atoms with van der Waals surface area (Å²) >= 11 is 5.29. The molecule has 3 rings (SSSR count). The van der Waals surface area contributed by atoms with Gasteiger partial charge in [0.2, 0.25) is 0 Å². The van der Waals surface area contributed by atoms with E-state index in [1.165, 1.54) is 0 Å². The molecule has 0 saturated heterocycles. The number of benzene rings is 1. The normalized spacial score (nSPS) is 10.8. The molecule has 3 aromatic rings. The van der Waals surface area contributed by atoms with Crippen molar-refractivity contribution in [3.05, 3.63) is 69.0 Å². The van der Waals surface area contributed by atoms with E-state index in [0.717, 1.165) is 16.8 Å². The van der Waals surface area contributed by atoms with Gasteiger partial charge in [-0.2, -0.15) is 0 Å². The quantitative estimate of drug-likeness (QED) is 0.736. The predicted octanol–water partition coefficient (Wildman–Crippen LogP) is 2.81. The molecule has 100 valence electrons. The van der Waals surface area contributed by atoms with E-state index in [-0.39, 0.29) is 5.56 Å². The monoisotopic (exact) mass is 283 g/mol. The lowest BCUT2D eigenvalue weighted by Crippen LogP contribution is -2.23. The highest BCUT2D eigenvalue weighted by atomic mass is 32.1. The van der Waals surface area contributed by atoms with Gasteiger partial charge < -0.3 is 4.98 Å². The van der Waals surface area contributed by atoms with Crippen LogP contribution in [0.2, 0.25) is 0 Å². The summed E-state index contributed by atoms with van der Waals surface area (Å²) in [5.41, 5.74) is 2.57. The van der Waals surface area contributed by atoms with Gasteiger partial charge in [-0.25, -0.2) is 0 Å². The second-order valence-electron chi connectivity index (χ2n) is 4.63. The standard InChI is InChI=1S/C15H13N3OS/c1-10-5-4-8-16-13(10)9-18-14(19)11-6-2-3-7-12(11)17-15(18)20/h2-8H,9H2,1H3,(H,17,20). The topological polar surface area (TPSA) is 50.7 Å². The summed E-state index contributed by atoms with van der Waals surface area (Å²) < 4.78 is 1.96. The third kappa shape index (κ3) is 2.16. The molecule has 2 heterocycles. The highest BCUT2D eigenvalue weighted by molar-refractivity contribution is 7.71. The minimum absolute atomic E-state index is 0.0885. The van der Waals surface area contributed by atoms with Crippen molar-refractivity contribution in [3.63, 3.8) is 0 Å². The van der Waals surface area contributed by atoms with Gasteiger partial charge in [0.1, 0.15) is 0 Å². The molecule has 0 saturated carbocycles. The maximum absolute atomic E-state index is 12.5. The average molecular weight is 283 g/mol. The molecular weight excluding hydrogens is 270 g/mol. The van der Waals surface area contributed by atoms with Crippen molar-refractivity contribution in [2.75, 3.05) is 0 Å². The number of H-pyrrole nitrogens is 1. The zero-order chi connectivity index (χ0) is 14.1. The van der Waals surface area contributed by atoms with E-state index >= 15 is 0 Å². The van der Waals surface area contributed by atoms with Crippen LogP contribution in [-0.4, -0.2) is 14.5 Å². The first kappa shape index (κ1) is 12.7. The summed E-state index contributed by atoms with van der Waals surface area (Å²) in [7, 11) is 0. The van der Waals surface area contributed by atoms with Gasteiger partial charge in [-0.3, -0.25) is 14.3 Å². The minimum Gasteiger partial charge on any atom is -0.332 e. The number of aromatic nitrogens is 3. The van der Waals surface area contributed by atoms with Crippen LogP contribution < -0.4 is 5.56 Å². The van der Waals surface area contributed by atoms with Crippen molar-refractivity contribution in [3.8, 4) is 0 Å². The molecule has 0 aliphatic rings. The van der Waals surface area contributed by atoms with E-state index in [2.05, 4.69) is 9.97 Å². The molecule has 0 atom stereocenters. The van der Waals surface area contributed by atoms with Gasteiger partial charge in [-0.1, -0.05) is 18.2 Å². The van der Waals surface area contributed by atoms with E-state index in [9.17, 15) is 4.79 Å². The predicted molar refractivity (Wildman–Crippen MR) is 81.5 cm³/mol. The van der Waals surface area contributed by atoms with Crippen LogP contribution in [0.15, 0.2) is 47.4 Å². The Bertz CT molecular complexity index is 895. The Kier molecular flexibility index (Phi) is 3.20. The molecule has 0 aliphatic carbocycles. The van der Waals surface area contributed by atoms with Gasteiger partial charge in [0, 0.05) is 6.20 Å². The molecule has 0 aliphatic heterocycles. The lowest BCUT2D eigenvalue weighted by Gasteiger charge is -2.09. The number of aryl methyl sites for hydroxylation is 1. The van der Waals surface area contributed by atoms with Crippen LogP contribution in [0.25, 0.3) is 10.9 Å². The average Bonchev–Trinajstić information content (AvgIpc) is 2.45. The Morgan fingerprint density at radius 2 is 2.05 bits per heavy atom. The van der Waals surface area contributed by atoms with Crippen molar-refractivity contribution >= 4 is 23.1 Å². The number of pyridine rings is 1. The fourth-order valence-electron chi connectivity index (χ4n) is 2.18. The number of aromatic amines is 1. The zero-order valence-electron chi connectivity index (χ0n) is 11.0. The van der Waals surface area contributed by atoms with Crippen LogP contribution in [-0.2, 0) is 6.54 Å². The molecule has 0 amide bonds. The molecular formula is C15H13N3OS. The molecule has 4 nitrogen and oxygen atoms in total. The molecule has 1 N–H and O–H groups in total. The summed E-state index contributed by atoms with van der Waals surface area (Å²) in [4.78, 5) is 19.9. The third-order valence-corrected chi connectivity index (χ3v) is 3.64. The molecule has 0 radical (unpaired) electrons. The number of nitrogens with one attached hydrogen (secondary N) is 1. The Labute approximate surface area is 120 Å². The summed E-state index contributed by atoms with van der Waals surface area (Å²) in [5, 5.41) is 0.634. The van der Waals surface area contributed by atoms with Crippen molar-refractivity contribution in [1.29, 1.82) is 0 Å². The van der Waals surface area contributed by atoms with Crippen LogP contribution in [0, 0.1) is 11.7 Å². The first-order valence-electron chi connectivity index (χ1n) is 6.29. The van der Waals surface area contributed by atoms with Crippen LogP contribution in [0.5, 0.6) is 0 Å². The van der Waals surface area contributed by atoms with Gasteiger partial charge in [0.05, 0.1) is 23.1 Å². The molecule has 0 bridgehead atoms. The van der Waals surface area contributed by atoms with Gasteiger partial charge >= 0.3 is 0 Å². The van der Waals surface area contributed by atoms with Crippen LogP contribution in [0.1, 0.15) is 11.3 Å². The second-order valence-corrected chi connectivity index (χ2v) is 5.02. The maximum atomic E-state index is 12.5. The van der Waals surface area contributed by atoms with Crippen molar-refractivity contribution in [1.82, 2.24) is 14.5 Å². The van der Waals surface area contributed by atoms with Crippen molar-refractivity contribution in [2.45, 2.75) is 13.5 Å². The molecule has 0 unspecified atom stereocenters. The zero-order valence-corrected chi connectivity index (χ0v) is 11.8. The number of hydrogen-bond acceptors (Lipinski definition) is 3. The summed E-state index contributed by atoms with van der Waals surface area (Å²) in [6.45, 7) is 2.35. The number of para-hydroxylation sites is 1. The molecule has 2 aromatic heterocycles. The smallest absolute Gasteiger partial charge is 0.262 e. The maximum Gasteiger partial charge on any atom is 0.262 e. The fourth-order valence-corrected chi connectivity index (χ4v) is 2.43. The molecule has 5 heteroatoms. The van der Waals surface area contributed by atoms with Gasteiger partial charge in [0.15, 0.2) is 4.77 Å². The van der Waals surface area contributed by atoms with Crippen molar-refractivity contribution < 1.29 is 0 Å². The first-order valence-corrected chi connectivity index (χ1v) is 6.70. The fraction of sp³-hybridized carbons (Fsp3) is 0.133. The van der Waals surface area contributed by atoms with Gasteiger partial charge in [-0.05, 0) is 42.9 Å². The first-order chi connectivity index (χ1) is 9.66. The van der Waals surface area contributed by atoms with E-state index < -0.39 is 0 Å². The van der Waals surface area contributed by atoms with Crippen LogP contribution in [0.4, 0.5) is 0 Å². The summed E-state index contributed by atoms with van der Waals surface area (Å²) in [6, 6.07) is 11.2. The molecule has 0 fully saturated rings. The van der Waals surface area contributed by atoms with Crippen LogP contribution >= 0.6 is 12.2 Å². The highest BCUT2D eigenvalue weighted by Crippen LogP contribution is 2.09. The number of nitrogens with zero attached hydrogens (tertiary/aromatic N) is 2. The minimum atomic E-state index is -0.0885. The van der Waals surface area contributed by atoms with E-state index in [4.69, 9.17) is 12.2 Å². The van der Waals surface area contributed by atoms with E-state index in [0.29, 0.717) is 16.7 Å². The Morgan fingerprint density at radius 1 is 1.25 bits per heavy atom. The molecule has 20 heavy (non-hydrogen) atoms. The lowest BCUT2D eigenvalue weighted by atomic mass is 10.2. The highest BCUT2D eigenvalue weighted by Gasteiger charge is 2.07. The SMILES string of the molecule is Cc1cccnc1Cn1c(=S)[nH]c2ccccc2c1=O. The van der Waals surface area contributed by atoms with E-state index in [1.807, 2.05) is 37.3 Å². The van der Waals surface area contributed by atoms with Gasteiger partial charge in [0.25, 0.3) is 5.56 Å². The number of rotatable bonds is 2. The Hall–Kier alpha value is -2.27. The van der Waals surface area contributed by atoms with E-state index in [1.54, 1.807) is 16.8 Å². The Balaban J connectivity index is 2.20. The summed E-state index contributed by atoms with van der Waals surface area (Å²) in [5.74, 6) is 0. The number of hydrogen-bond donors (Lipinski definition) is 1. The third-order valence-electron chi connectivity index (χ3n) is 3.32. The number of fused-ring (bicyclic) bond motifs is 1. The second kappa shape index (κ2) is 5.02. The lowest BCUT2D eigenvalue weighted by molar-refractivity contribution is 0.712. The Morgan fingerprint density at radius 3 is 2.85 bits per heavy atom. The van der Waals surface area contributed by atoms with Crippen LogP contribution in [0.3, 0.4) is 0 Å². The largest absolute Gasteiger partial charge is 0.332 e. The summed E-state index contributed by atoms with van der Waals surface area (Å²) in [6.07, 6.45) is 1.72.